The highest BCUT2D eigenvalue weighted by molar-refractivity contribution is 7.09. The Hall–Kier alpha value is -1.83. The number of guanidine groups is 1. The number of carbonyl (C=O) groups is 1. The minimum absolute atomic E-state index is 0.215. The topological polar surface area (TPSA) is 70.1 Å². The van der Waals surface area contributed by atoms with E-state index in [2.05, 4.69) is 25.6 Å². The van der Waals surface area contributed by atoms with Crippen LogP contribution < -0.4 is 5.32 Å². The number of nitrogens with zero attached hydrogens (tertiary/aromatic N) is 4. The number of thiazole rings is 1. The highest BCUT2D eigenvalue weighted by Gasteiger charge is 2.27. The second kappa shape index (κ2) is 9.39. The second-order valence-corrected chi connectivity index (χ2v) is 9.14. The third-order valence-corrected chi connectivity index (χ3v) is 5.18. The zero-order valence-corrected chi connectivity index (χ0v) is 18.2. The first kappa shape index (κ1) is 21.5. The fourth-order valence-corrected chi connectivity index (χ4v) is 3.75. The van der Waals surface area contributed by atoms with Crippen LogP contribution in [0, 0.1) is 12.8 Å². The average molecular weight is 396 g/mol. The van der Waals surface area contributed by atoms with Gasteiger partial charge in [-0.05, 0) is 46.5 Å². The van der Waals surface area contributed by atoms with Crippen LogP contribution in [-0.2, 0) is 11.3 Å². The first-order valence-electron chi connectivity index (χ1n) is 9.48. The van der Waals surface area contributed by atoms with Crippen molar-refractivity contribution in [3.63, 3.8) is 0 Å². The van der Waals surface area contributed by atoms with Crippen LogP contribution in [0.25, 0.3) is 0 Å². The minimum atomic E-state index is -0.457. The molecule has 1 atom stereocenters. The van der Waals surface area contributed by atoms with Crippen LogP contribution in [0.3, 0.4) is 0 Å². The van der Waals surface area contributed by atoms with Crippen LogP contribution in [0.2, 0.25) is 0 Å². The molecule has 0 aliphatic carbocycles. The molecule has 1 N–H and O–H groups in total. The van der Waals surface area contributed by atoms with Gasteiger partial charge in [0.05, 0.1) is 17.2 Å². The van der Waals surface area contributed by atoms with Crippen LogP contribution in [0.5, 0.6) is 0 Å². The van der Waals surface area contributed by atoms with Crippen molar-refractivity contribution in [2.24, 2.45) is 10.9 Å². The molecule has 1 saturated heterocycles. The van der Waals surface area contributed by atoms with Crippen molar-refractivity contribution in [1.29, 1.82) is 0 Å². The number of aliphatic imine (C=N–C) groups is 1. The van der Waals surface area contributed by atoms with Gasteiger partial charge in [0.25, 0.3) is 0 Å². The predicted molar refractivity (Wildman–Crippen MR) is 110 cm³/mol. The molecular formula is C19H33N5O2S. The number of nitrogens with one attached hydrogen (secondary N) is 1. The molecule has 27 heavy (non-hydrogen) atoms. The highest BCUT2D eigenvalue weighted by atomic mass is 32.1. The van der Waals surface area contributed by atoms with E-state index in [0.29, 0.717) is 12.5 Å². The molecule has 1 fully saturated rings. The molecule has 1 aliphatic rings. The Morgan fingerprint density at radius 3 is 2.85 bits per heavy atom. The molecule has 0 aromatic carbocycles. The molecule has 0 radical (unpaired) electrons. The standard InChI is InChI=1S/C19H33N5O2S/c1-14-22-16(13-27-14)12-23(6)17(20-5)21-10-15-8-7-9-24(11-15)18(25)26-19(2,3)4/h13,15H,7-12H2,1-6H3,(H,20,21). The van der Waals surface area contributed by atoms with E-state index in [1.54, 1.807) is 18.4 Å². The molecular weight excluding hydrogens is 362 g/mol. The SMILES string of the molecule is CN=C(NCC1CCCN(C(=O)OC(C)(C)C)C1)N(C)Cc1csc(C)n1. The molecule has 0 spiro atoms. The molecule has 1 amide bonds. The molecule has 1 aromatic heterocycles. The molecule has 1 aromatic rings. The summed E-state index contributed by atoms with van der Waals surface area (Å²) in [7, 11) is 3.80. The number of carbonyl (C=O) groups excluding carboxylic acids is 1. The molecule has 0 bridgehead atoms. The Bertz CT molecular complexity index is 653. The van der Waals surface area contributed by atoms with Crippen molar-refractivity contribution in [1.82, 2.24) is 20.1 Å². The summed E-state index contributed by atoms with van der Waals surface area (Å²) in [5.74, 6) is 1.23. The maximum absolute atomic E-state index is 12.3. The van der Waals surface area contributed by atoms with E-state index in [0.717, 1.165) is 49.1 Å². The Morgan fingerprint density at radius 2 is 2.26 bits per heavy atom. The average Bonchev–Trinajstić information content (AvgIpc) is 2.99. The largest absolute Gasteiger partial charge is 0.444 e. The molecule has 2 heterocycles. The van der Waals surface area contributed by atoms with Crippen molar-refractivity contribution in [2.75, 3.05) is 33.7 Å². The number of hydrogen-bond donors (Lipinski definition) is 1. The van der Waals surface area contributed by atoms with Gasteiger partial charge in [-0.15, -0.1) is 11.3 Å². The van der Waals surface area contributed by atoms with Crippen LogP contribution in [0.1, 0.15) is 44.3 Å². The summed E-state index contributed by atoms with van der Waals surface area (Å²) in [6.07, 6.45) is 1.88. The van der Waals surface area contributed by atoms with Gasteiger partial charge in [-0.25, -0.2) is 9.78 Å². The number of amides is 1. The summed E-state index contributed by atoms with van der Waals surface area (Å²) in [4.78, 5) is 25.1. The molecule has 1 unspecified atom stereocenters. The van der Waals surface area contributed by atoms with Gasteiger partial charge in [0.15, 0.2) is 5.96 Å². The zero-order chi connectivity index (χ0) is 20.0. The van der Waals surface area contributed by atoms with E-state index < -0.39 is 5.60 Å². The zero-order valence-electron chi connectivity index (χ0n) is 17.4. The summed E-state index contributed by atoms with van der Waals surface area (Å²) in [6.45, 7) is 10.7. The molecule has 0 saturated carbocycles. The van der Waals surface area contributed by atoms with Crippen LogP contribution in [-0.4, -0.2) is 66.2 Å². The molecule has 152 valence electrons. The number of hydrogen-bond acceptors (Lipinski definition) is 5. The molecule has 1 aliphatic heterocycles. The predicted octanol–water partition coefficient (Wildman–Crippen LogP) is 3.11. The van der Waals surface area contributed by atoms with Crippen molar-refractivity contribution >= 4 is 23.4 Å². The fraction of sp³-hybridized carbons (Fsp3) is 0.737. The number of aryl methyl sites for hydroxylation is 1. The van der Waals surface area contributed by atoms with E-state index in [-0.39, 0.29) is 6.09 Å². The Morgan fingerprint density at radius 1 is 1.52 bits per heavy atom. The third-order valence-electron chi connectivity index (χ3n) is 4.36. The van der Waals surface area contributed by atoms with Crippen molar-refractivity contribution < 1.29 is 9.53 Å². The lowest BCUT2D eigenvalue weighted by atomic mass is 9.98. The highest BCUT2D eigenvalue weighted by Crippen LogP contribution is 2.19. The Labute approximate surface area is 166 Å². The molecule has 7 nitrogen and oxygen atoms in total. The van der Waals surface area contributed by atoms with Gasteiger partial charge in [0.1, 0.15) is 5.60 Å². The third kappa shape index (κ3) is 7.01. The summed E-state index contributed by atoms with van der Waals surface area (Å²) in [6, 6.07) is 0. The van der Waals surface area contributed by atoms with Gasteiger partial charge in [0.2, 0.25) is 0 Å². The lowest BCUT2D eigenvalue weighted by molar-refractivity contribution is 0.0168. The van der Waals surface area contributed by atoms with Crippen LogP contribution in [0.15, 0.2) is 10.4 Å². The molecule has 8 heteroatoms. The normalized spacial score (nSPS) is 18.4. The summed E-state index contributed by atoms with van der Waals surface area (Å²) < 4.78 is 5.51. The van der Waals surface area contributed by atoms with Crippen molar-refractivity contribution in [3.05, 3.63) is 16.1 Å². The van der Waals surface area contributed by atoms with Gasteiger partial charge >= 0.3 is 6.09 Å². The monoisotopic (exact) mass is 395 g/mol. The number of ether oxygens (including phenoxy) is 1. The fourth-order valence-electron chi connectivity index (χ4n) is 3.14. The van der Waals surface area contributed by atoms with Gasteiger partial charge in [-0.1, -0.05) is 0 Å². The quantitative estimate of drug-likeness (QED) is 0.627. The maximum Gasteiger partial charge on any atom is 0.410 e. The van der Waals surface area contributed by atoms with E-state index in [9.17, 15) is 4.79 Å². The summed E-state index contributed by atoms with van der Waals surface area (Å²) >= 11 is 1.66. The minimum Gasteiger partial charge on any atom is -0.444 e. The maximum atomic E-state index is 12.3. The second-order valence-electron chi connectivity index (χ2n) is 8.08. The van der Waals surface area contributed by atoms with Gasteiger partial charge in [-0.3, -0.25) is 4.99 Å². The molecule has 2 rings (SSSR count). The summed E-state index contributed by atoms with van der Waals surface area (Å²) in [5, 5.41) is 6.60. The van der Waals surface area contributed by atoms with Gasteiger partial charge < -0.3 is 19.9 Å². The number of rotatable bonds is 4. The summed E-state index contributed by atoms with van der Waals surface area (Å²) in [5.41, 5.74) is 0.595. The Kier molecular flexibility index (Phi) is 7.47. The van der Waals surface area contributed by atoms with Gasteiger partial charge in [0, 0.05) is 39.1 Å². The number of likely N-dealkylation sites (tertiary alicyclic amines) is 1. The first-order valence-corrected chi connectivity index (χ1v) is 10.4. The van der Waals surface area contributed by atoms with Crippen LogP contribution >= 0.6 is 11.3 Å². The lowest BCUT2D eigenvalue weighted by Gasteiger charge is -2.34. The van der Waals surface area contributed by atoms with Crippen molar-refractivity contribution in [2.45, 2.75) is 52.7 Å². The van der Waals surface area contributed by atoms with E-state index in [4.69, 9.17) is 4.74 Å². The van der Waals surface area contributed by atoms with E-state index in [1.807, 2.05) is 39.6 Å². The van der Waals surface area contributed by atoms with E-state index >= 15 is 0 Å². The smallest absolute Gasteiger partial charge is 0.410 e. The van der Waals surface area contributed by atoms with Crippen molar-refractivity contribution in [3.8, 4) is 0 Å². The number of piperidine rings is 1. The van der Waals surface area contributed by atoms with Gasteiger partial charge in [-0.2, -0.15) is 0 Å². The first-order chi connectivity index (χ1) is 12.7. The number of aromatic nitrogens is 1. The Balaban J connectivity index is 1.83. The van der Waals surface area contributed by atoms with Crippen LogP contribution in [0.4, 0.5) is 4.79 Å². The lowest BCUT2D eigenvalue weighted by Crippen LogP contribution is -2.47. The van der Waals surface area contributed by atoms with E-state index in [1.165, 1.54) is 0 Å².